The first-order valence-electron chi connectivity index (χ1n) is 10.1. The van der Waals surface area contributed by atoms with Gasteiger partial charge in [-0.25, -0.2) is 0 Å². The van der Waals surface area contributed by atoms with Crippen LogP contribution in [0.2, 0.25) is 0 Å². The topological polar surface area (TPSA) is 42.2 Å². The van der Waals surface area contributed by atoms with E-state index in [2.05, 4.69) is 46.0 Å². The van der Waals surface area contributed by atoms with E-state index in [1.54, 1.807) is 6.26 Å². The summed E-state index contributed by atoms with van der Waals surface area (Å²) in [7, 11) is 0. The fourth-order valence-electron chi connectivity index (χ4n) is 3.19. The second kappa shape index (κ2) is 10.5. The van der Waals surface area contributed by atoms with Crippen molar-refractivity contribution < 1.29 is 9.21 Å². The van der Waals surface area contributed by atoms with Crippen molar-refractivity contribution in [3.8, 4) is 0 Å². The Kier molecular flexibility index (Phi) is 8.31. The molecule has 3 nitrogen and oxygen atoms in total. The van der Waals surface area contributed by atoms with Crippen molar-refractivity contribution in [1.82, 2.24) is 5.32 Å². The van der Waals surface area contributed by atoms with E-state index in [4.69, 9.17) is 4.42 Å². The van der Waals surface area contributed by atoms with E-state index in [1.165, 1.54) is 31.3 Å². The number of ketones is 1. The Hall–Kier alpha value is -2.07. The van der Waals surface area contributed by atoms with Crippen LogP contribution in [0.25, 0.3) is 11.3 Å². The second-order valence-electron chi connectivity index (χ2n) is 7.45. The molecule has 0 aliphatic heterocycles. The van der Waals surface area contributed by atoms with Crippen molar-refractivity contribution in [1.29, 1.82) is 0 Å². The average Bonchev–Trinajstić information content (AvgIpc) is 3.30. The third-order valence-electron chi connectivity index (χ3n) is 4.94. The van der Waals surface area contributed by atoms with Crippen LogP contribution in [0.5, 0.6) is 0 Å². The molecule has 0 aliphatic carbocycles. The van der Waals surface area contributed by atoms with Gasteiger partial charge in [0.15, 0.2) is 0 Å². The molecule has 0 amide bonds. The lowest BCUT2D eigenvalue weighted by Gasteiger charge is -2.07. The highest BCUT2D eigenvalue weighted by atomic mass is 32.1. The number of Topliss-reactive ketones (excluding diaryl/α,β-unsaturated/α-hetero) is 1. The van der Waals surface area contributed by atoms with Gasteiger partial charge in [0.05, 0.1) is 23.0 Å². The number of carbonyl (C=O) groups is 1. The lowest BCUT2D eigenvalue weighted by atomic mass is 10.1. The smallest absolute Gasteiger partial charge is 0.132 e. The van der Waals surface area contributed by atoms with Crippen LogP contribution < -0.4 is 15.1 Å². The Morgan fingerprint density at radius 2 is 1.96 bits per heavy atom. The first-order chi connectivity index (χ1) is 13.4. The maximum atomic E-state index is 11.9. The van der Waals surface area contributed by atoms with Crippen LogP contribution in [0, 0.1) is 6.92 Å². The Morgan fingerprint density at radius 3 is 2.54 bits per heavy atom. The number of hydrogen-bond donors (Lipinski definition) is 1. The van der Waals surface area contributed by atoms with Gasteiger partial charge in [0.25, 0.3) is 0 Å². The fraction of sp³-hybridized carbons (Fsp3) is 0.458. The third kappa shape index (κ3) is 5.71. The van der Waals surface area contributed by atoms with Crippen LogP contribution in [0.4, 0.5) is 0 Å². The van der Waals surface area contributed by atoms with Crippen molar-refractivity contribution in [3.05, 3.63) is 56.0 Å². The summed E-state index contributed by atoms with van der Waals surface area (Å²) in [5, 5.41) is 4.92. The molecule has 0 spiro atoms. The summed E-state index contributed by atoms with van der Waals surface area (Å²) in [5.74, 6) is 1.25. The number of nitrogens with one attached hydrogen (secondary N) is 1. The average molecular weight is 400 g/mol. The van der Waals surface area contributed by atoms with Gasteiger partial charge in [-0.15, -0.1) is 11.3 Å². The van der Waals surface area contributed by atoms with Gasteiger partial charge in [-0.1, -0.05) is 25.0 Å². The minimum Gasteiger partial charge on any atom is -0.467 e. The summed E-state index contributed by atoms with van der Waals surface area (Å²) < 4.78 is 6.76. The summed E-state index contributed by atoms with van der Waals surface area (Å²) >= 11 is 1.82. The van der Waals surface area contributed by atoms with E-state index < -0.39 is 0 Å². The number of rotatable bonds is 9. The van der Waals surface area contributed by atoms with Crippen molar-refractivity contribution >= 4 is 28.4 Å². The Balaban J connectivity index is 2.61. The monoisotopic (exact) mass is 399 g/mol. The molecular formula is C24H33NO2S. The standard InChI is InChI=1S/C24H33NO2S/c1-7-17(5)23-18(6)22(12-11-19(26)8-2)28-24(23)21(14-16(3)4)25-15-20-10-9-13-27-20/h9-10,13-14,25H,7-8,11-12,15H2,1-6H3/b23-17+,24-21-. The lowest BCUT2D eigenvalue weighted by Crippen LogP contribution is -2.30. The van der Waals surface area contributed by atoms with E-state index in [9.17, 15) is 4.79 Å². The quantitative estimate of drug-likeness (QED) is 0.645. The van der Waals surface area contributed by atoms with Gasteiger partial charge in [0.1, 0.15) is 11.5 Å². The van der Waals surface area contributed by atoms with Gasteiger partial charge in [0, 0.05) is 17.7 Å². The largest absolute Gasteiger partial charge is 0.467 e. The molecule has 2 aromatic heterocycles. The van der Waals surface area contributed by atoms with E-state index in [0.717, 1.165) is 24.3 Å². The van der Waals surface area contributed by atoms with E-state index in [0.29, 0.717) is 25.2 Å². The van der Waals surface area contributed by atoms with Crippen molar-refractivity contribution in [2.75, 3.05) is 0 Å². The maximum Gasteiger partial charge on any atom is 0.132 e. The molecule has 0 unspecified atom stereocenters. The van der Waals surface area contributed by atoms with Gasteiger partial charge in [-0.05, 0) is 69.5 Å². The molecular weight excluding hydrogens is 366 g/mol. The van der Waals surface area contributed by atoms with Crippen LogP contribution in [-0.2, 0) is 17.8 Å². The minimum absolute atomic E-state index is 0.330. The normalized spacial score (nSPS) is 13.2. The molecule has 0 bridgehead atoms. The summed E-state index contributed by atoms with van der Waals surface area (Å²) in [6.07, 6.45) is 6.99. The molecule has 4 heteroatoms. The zero-order valence-corrected chi connectivity index (χ0v) is 18.9. The van der Waals surface area contributed by atoms with E-state index >= 15 is 0 Å². The molecule has 0 atom stereocenters. The van der Waals surface area contributed by atoms with Crippen LogP contribution in [0.15, 0.2) is 34.5 Å². The van der Waals surface area contributed by atoms with E-state index in [1.807, 2.05) is 30.4 Å². The van der Waals surface area contributed by atoms with Crippen LogP contribution >= 0.6 is 11.3 Å². The molecule has 0 saturated heterocycles. The summed E-state index contributed by atoms with van der Waals surface area (Å²) in [6.45, 7) is 13.4. The van der Waals surface area contributed by atoms with Gasteiger partial charge >= 0.3 is 0 Å². The van der Waals surface area contributed by atoms with Crippen molar-refractivity contribution in [2.45, 2.75) is 73.8 Å². The molecule has 0 saturated carbocycles. The first kappa shape index (κ1) is 22.2. The minimum atomic E-state index is 0.330. The fourth-order valence-corrected chi connectivity index (χ4v) is 4.57. The van der Waals surface area contributed by atoms with Crippen molar-refractivity contribution in [3.63, 3.8) is 0 Å². The number of furan rings is 1. The van der Waals surface area contributed by atoms with E-state index in [-0.39, 0.29) is 0 Å². The third-order valence-corrected chi connectivity index (χ3v) is 6.32. The van der Waals surface area contributed by atoms with Crippen LogP contribution in [0.3, 0.4) is 0 Å². The van der Waals surface area contributed by atoms with Gasteiger partial charge in [-0.2, -0.15) is 0 Å². The SMILES string of the molecule is CCC(=O)CCc1sc(=C(/C=C(C)C)NCc2ccco2)/c(=C(\C)CC)c1C. The predicted octanol–water partition coefficient (Wildman–Crippen LogP) is 5.01. The number of thiophene rings is 1. The Bertz CT molecular complexity index is 942. The zero-order valence-electron chi connectivity index (χ0n) is 18.1. The van der Waals surface area contributed by atoms with Gasteiger partial charge < -0.3 is 9.73 Å². The molecule has 2 rings (SSSR count). The molecule has 0 aliphatic rings. The Labute approximate surface area is 172 Å². The molecule has 0 aromatic carbocycles. The first-order valence-corrected chi connectivity index (χ1v) is 10.9. The summed E-state index contributed by atoms with van der Waals surface area (Å²) in [4.78, 5) is 13.2. The summed E-state index contributed by atoms with van der Waals surface area (Å²) in [5.41, 5.74) is 5.08. The zero-order chi connectivity index (χ0) is 20.7. The van der Waals surface area contributed by atoms with Gasteiger partial charge in [0.2, 0.25) is 0 Å². The molecule has 28 heavy (non-hydrogen) atoms. The number of hydrogen-bond acceptors (Lipinski definition) is 4. The molecule has 2 heterocycles. The second-order valence-corrected chi connectivity index (χ2v) is 8.55. The lowest BCUT2D eigenvalue weighted by molar-refractivity contribution is -0.118. The van der Waals surface area contributed by atoms with Gasteiger partial charge in [-0.3, -0.25) is 4.79 Å². The maximum absolute atomic E-state index is 11.9. The molecule has 0 fully saturated rings. The predicted molar refractivity (Wildman–Crippen MR) is 120 cm³/mol. The molecule has 152 valence electrons. The molecule has 1 N–H and O–H groups in total. The highest BCUT2D eigenvalue weighted by molar-refractivity contribution is 7.10. The number of carbonyl (C=O) groups excluding carboxylic acids is 1. The van der Waals surface area contributed by atoms with Crippen molar-refractivity contribution in [2.24, 2.45) is 0 Å². The molecule has 0 radical (unpaired) electrons. The Morgan fingerprint density at radius 1 is 1.21 bits per heavy atom. The highest BCUT2D eigenvalue weighted by Gasteiger charge is 2.12. The number of aryl methyl sites for hydroxylation is 1. The highest BCUT2D eigenvalue weighted by Crippen LogP contribution is 2.15. The summed E-state index contributed by atoms with van der Waals surface area (Å²) in [6, 6.07) is 3.90. The van der Waals surface area contributed by atoms with Crippen LogP contribution in [0.1, 0.15) is 70.1 Å². The number of allylic oxidation sites excluding steroid dienone is 1. The molecule has 2 aromatic rings. The van der Waals surface area contributed by atoms with Crippen LogP contribution in [-0.4, -0.2) is 5.78 Å².